The Bertz CT molecular complexity index is 1490. The summed E-state index contributed by atoms with van der Waals surface area (Å²) in [5, 5.41) is 22.8. The quantitative estimate of drug-likeness (QED) is 0.301. The highest BCUT2D eigenvalue weighted by molar-refractivity contribution is 5.92. The van der Waals surface area contributed by atoms with Crippen molar-refractivity contribution in [2.45, 2.75) is 45.5 Å². The van der Waals surface area contributed by atoms with Gasteiger partial charge in [-0.3, -0.25) is 0 Å². The van der Waals surface area contributed by atoms with Crippen molar-refractivity contribution in [2.75, 3.05) is 5.32 Å². The Morgan fingerprint density at radius 3 is 2.43 bits per heavy atom. The molecule has 0 amide bonds. The van der Waals surface area contributed by atoms with Gasteiger partial charge in [0.2, 0.25) is 5.82 Å². The van der Waals surface area contributed by atoms with Crippen LogP contribution in [-0.4, -0.2) is 41.7 Å². The van der Waals surface area contributed by atoms with Crippen LogP contribution in [0.2, 0.25) is 0 Å². The van der Waals surface area contributed by atoms with E-state index in [1.807, 2.05) is 6.92 Å². The third kappa shape index (κ3) is 4.93. The number of aromatic nitrogens is 4. The molecule has 4 aromatic rings. The highest BCUT2D eigenvalue weighted by Crippen LogP contribution is 2.37. The topological polar surface area (TPSA) is 113 Å². The fourth-order valence-corrected chi connectivity index (χ4v) is 4.40. The summed E-state index contributed by atoms with van der Waals surface area (Å²) >= 11 is 0. The van der Waals surface area contributed by atoms with E-state index >= 15 is 0 Å². The highest BCUT2D eigenvalue weighted by Gasteiger charge is 2.31. The molecule has 0 bridgehead atoms. The Morgan fingerprint density at radius 2 is 1.84 bits per heavy atom. The molecule has 2 aromatic carbocycles. The summed E-state index contributed by atoms with van der Waals surface area (Å²) in [6.07, 6.45) is -2.35. The first-order valence-corrected chi connectivity index (χ1v) is 11.8. The van der Waals surface area contributed by atoms with E-state index in [0.29, 0.717) is 39.8 Å². The van der Waals surface area contributed by atoms with Gasteiger partial charge < -0.3 is 20.1 Å². The van der Waals surface area contributed by atoms with Gasteiger partial charge in [0.05, 0.1) is 5.56 Å². The number of benzene rings is 2. The van der Waals surface area contributed by atoms with Crippen molar-refractivity contribution in [1.29, 1.82) is 0 Å². The minimum Gasteiger partial charge on any atom is -0.508 e. The number of nitrogens with one attached hydrogen (secondary N) is 1. The maximum atomic E-state index is 13.1. The molecular formula is C26H24F3N5O3. The number of phenols is 1. The molecule has 2 aromatic heterocycles. The average molecular weight is 512 g/mol. The number of hydrogen-bond acceptors (Lipinski definition) is 6. The normalized spacial score (nSPS) is 14.6. The number of phenolic OH excluding ortho intramolecular Hbond substituents is 1. The zero-order chi connectivity index (χ0) is 26.5. The molecule has 0 aliphatic heterocycles. The minimum atomic E-state index is -4.45. The van der Waals surface area contributed by atoms with Gasteiger partial charge in [-0.1, -0.05) is 12.1 Å². The number of halogens is 3. The van der Waals surface area contributed by atoms with Crippen LogP contribution in [0.15, 0.2) is 42.5 Å². The number of fused-ring (bicyclic) bond motifs is 1. The predicted octanol–water partition coefficient (Wildman–Crippen LogP) is 5.48. The predicted molar refractivity (Wildman–Crippen MR) is 130 cm³/mol. The van der Waals surface area contributed by atoms with Crippen LogP contribution in [0, 0.1) is 12.8 Å². The summed E-state index contributed by atoms with van der Waals surface area (Å²) in [5.74, 6) is -0.492. The SMILES string of the molecule is Cc1cc(O)ccc1-c1nc2nc(C(=O)O)nc(N[C@H](C)C3CC3)c2n1Cc1ccc(C(F)(F)F)cc1. The maximum Gasteiger partial charge on any atom is 0.416 e. The number of anilines is 1. The lowest BCUT2D eigenvalue weighted by molar-refractivity contribution is -0.137. The standard InChI is InChI=1S/C26H24F3N5O3/c1-13-11-18(35)9-10-19(13)24-33-22-20(34(24)12-15-3-7-17(8-4-15)26(27,28)29)21(30-14(2)16-5-6-16)31-23(32-22)25(36)37/h3-4,7-11,14,16,35H,5-6,12H2,1-2H3,(H,36,37)(H,30,31,32)/t14-/m1/s1. The van der Waals surface area contributed by atoms with E-state index < -0.39 is 23.5 Å². The summed E-state index contributed by atoms with van der Waals surface area (Å²) < 4.78 is 41.1. The molecule has 3 N–H and O–H groups in total. The van der Waals surface area contributed by atoms with E-state index in [1.165, 1.54) is 18.2 Å². The van der Waals surface area contributed by atoms with Gasteiger partial charge in [-0.25, -0.2) is 19.7 Å². The van der Waals surface area contributed by atoms with Gasteiger partial charge in [-0.15, -0.1) is 0 Å². The van der Waals surface area contributed by atoms with Crippen LogP contribution in [0.25, 0.3) is 22.6 Å². The van der Waals surface area contributed by atoms with E-state index in [1.54, 1.807) is 23.6 Å². The smallest absolute Gasteiger partial charge is 0.416 e. The van der Waals surface area contributed by atoms with Crippen LogP contribution >= 0.6 is 0 Å². The van der Waals surface area contributed by atoms with Crippen LogP contribution in [-0.2, 0) is 12.7 Å². The van der Waals surface area contributed by atoms with Crippen molar-refractivity contribution in [3.63, 3.8) is 0 Å². The molecule has 1 aliphatic carbocycles. The van der Waals surface area contributed by atoms with E-state index in [-0.39, 0.29) is 24.0 Å². The fourth-order valence-electron chi connectivity index (χ4n) is 4.40. The molecule has 0 radical (unpaired) electrons. The number of carbonyl (C=O) groups is 1. The van der Waals surface area contributed by atoms with Crippen LogP contribution < -0.4 is 5.32 Å². The first-order valence-electron chi connectivity index (χ1n) is 11.8. The van der Waals surface area contributed by atoms with E-state index in [9.17, 15) is 28.2 Å². The van der Waals surface area contributed by atoms with Gasteiger partial charge in [-0.05, 0) is 74.1 Å². The molecule has 8 nitrogen and oxygen atoms in total. The summed E-state index contributed by atoms with van der Waals surface area (Å²) in [6.45, 7) is 3.92. The number of aromatic carboxylic acids is 1. The lowest BCUT2D eigenvalue weighted by atomic mass is 10.1. The van der Waals surface area contributed by atoms with Crippen molar-refractivity contribution in [2.24, 2.45) is 5.92 Å². The second kappa shape index (κ2) is 9.06. The number of aryl methyl sites for hydroxylation is 1. The second-order valence-corrected chi connectivity index (χ2v) is 9.36. The molecule has 2 heterocycles. The minimum absolute atomic E-state index is 0.0213. The third-order valence-electron chi connectivity index (χ3n) is 6.56. The van der Waals surface area contributed by atoms with Crippen LogP contribution in [0.4, 0.5) is 19.0 Å². The largest absolute Gasteiger partial charge is 0.508 e. The average Bonchev–Trinajstić information content (AvgIpc) is 3.62. The number of carboxylic acids is 1. The van der Waals surface area contributed by atoms with Gasteiger partial charge in [0.15, 0.2) is 11.5 Å². The molecule has 0 spiro atoms. The number of hydrogen-bond donors (Lipinski definition) is 3. The molecule has 5 rings (SSSR count). The molecular weight excluding hydrogens is 487 g/mol. The van der Waals surface area contributed by atoms with Gasteiger partial charge in [-0.2, -0.15) is 13.2 Å². The number of aromatic hydroxyl groups is 1. The Kier molecular flexibility index (Phi) is 6.01. The third-order valence-corrected chi connectivity index (χ3v) is 6.56. The molecule has 1 aliphatic rings. The van der Waals surface area contributed by atoms with Crippen LogP contribution in [0.3, 0.4) is 0 Å². The molecule has 37 heavy (non-hydrogen) atoms. The maximum absolute atomic E-state index is 13.1. The first-order chi connectivity index (χ1) is 17.5. The molecule has 0 saturated heterocycles. The summed E-state index contributed by atoms with van der Waals surface area (Å²) in [6, 6.07) is 9.62. The Hall–Kier alpha value is -4.15. The number of carboxylic acid groups (broad SMARTS) is 1. The number of imidazole rings is 1. The highest BCUT2D eigenvalue weighted by atomic mass is 19.4. The molecule has 11 heteroatoms. The van der Waals surface area contributed by atoms with E-state index in [4.69, 9.17) is 0 Å². The van der Waals surface area contributed by atoms with Crippen molar-refractivity contribution >= 4 is 23.0 Å². The molecule has 0 unspecified atom stereocenters. The van der Waals surface area contributed by atoms with Crippen molar-refractivity contribution in [3.8, 4) is 17.1 Å². The fraction of sp³-hybridized carbons (Fsp3) is 0.308. The molecule has 1 saturated carbocycles. The summed E-state index contributed by atoms with van der Waals surface area (Å²) in [7, 11) is 0. The first kappa shape index (κ1) is 24.5. The van der Waals surface area contributed by atoms with Gasteiger partial charge in [0.25, 0.3) is 0 Å². The van der Waals surface area contributed by atoms with Gasteiger partial charge >= 0.3 is 12.1 Å². The second-order valence-electron chi connectivity index (χ2n) is 9.36. The molecule has 192 valence electrons. The number of rotatable bonds is 7. The number of nitrogens with zero attached hydrogens (tertiary/aromatic N) is 4. The Labute approximate surface area is 209 Å². The monoisotopic (exact) mass is 511 g/mol. The number of alkyl halides is 3. The van der Waals surface area contributed by atoms with Gasteiger partial charge in [0, 0.05) is 18.2 Å². The molecule has 1 atom stereocenters. The van der Waals surface area contributed by atoms with Crippen LogP contribution in [0.5, 0.6) is 5.75 Å². The summed E-state index contributed by atoms with van der Waals surface area (Å²) in [5.41, 5.74) is 1.77. The summed E-state index contributed by atoms with van der Waals surface area (Å²) in [4.78, 5) is 24.9. The zero-order valence-electron chi connectivity index (χ0n) is 20.0. The zero-order valence-corrected chi connectivity index (χ0v) is 20.0. The van der Waals surface area contributed by atoms with E-state index in [0.717, 1.165) is 25.0 Å². The lowest BCUT2D eigenvalue weighted by Crippen LogP contribution is -2.20. The Morgan fingerprint density at radius 1 is 1.14 bits per heavy atom. The van der Waals surface area contributed by atoms with Crippen molar-refractivity contribution in [1.82, 2.24) is 19.5 Å². The van der Waals surface area contributed by atoms with Gasteiger partial charge in [0.1, 0.15) is 17.1 Å². The van der Waals surface area contributed by atoms with E-state index in [2.05, 4.69) is 20.3 Å². The van der Waals surface area contributed by atoms with Crippen molar-refractivity contribution < 1.29 is 28.2 Å². The lowest BCUT2D eigenvalue weighted by Gasteiger charge is -2.17. The van der Waals surface area contributed by atoms with Crippen molar-refractivity contribution in [3.05, 3.63) is 65.0 Å². The Balaban J connectivity index is 1.71. The molecule has 1 fully saturated rings. The van der Waals surface area contributed by atoms with Crippen LogP contribution in [0.1, 0.15) is 47.1 Å².